The number of amides is 1. The van der Waals surface area contributed by atoms with Crippen LogP contribution in [0.1, 0.15) is 53.3 Å². The first-order valence-electron chi connectivity index (χ1n) is 11.4. The van der Waals surface area contributed by atoms with Crippen LogP contribution in [0.2, 0.25) is 0 Å². The second-order valence-electron chi connectivity index (χ2n) is 9.05. The number of likely N-dealkylation sites (N-methyl/N-ethyl adjacent to an activating group) is 1. The quantitative estimate of drug-likeness (QED) is 0.473. The summed E-state index contributed by atoms with van der Waals surface area (Å²) in [4.78, 5) is 26.7. The average Bonchev–Trinajstić information content (AvgIpc) is 3.22. The molecule has 1 amide bonds. The Morgan fingerprint density at radius 3 is 2.74 bits per heavy atom. The number of hydrogen-bond acceptors (Lipinski definition) is 5. The molecule has 0 aliphatic heterocycles. The summed E-state index contributed by atoms with van der Waals surface area (Å²) in [7, 11) is 3.99. The lowest BCUT2D eigenvalue weighted by atomic mass is 9.85. The van der Waals surface area contributed by atoms with Gasteiger partial charge >= 0.3 is 6.18 Å². The highest BCUT2D eigenvalue weighted by molar-refractivity contribution is 5.94. The van der Waals surface area contributed by atoms with Crippen molar-refractivity contribution >= 4 is 22.8 Å². The van der Waals surface area contributed by atoms with Gasteiger partial charge in [0.2, 0.25) is 0 Å². The summed E-state index contributed by atoms with van der Waals surface area (Å²) >= 11 is 0. The van der Waals surface area contributed by atoms with Crippen molar-refractivity contribution in [2.75, 3.05) is 32.5 Å². The van der Waals surface area contributed by atoms with E-state index in [-0.39, 0.29) is 17.9 Å². The minimum Gasteiger partial charge on any atom is -0.369 e. The number of imidazole rings is 1. The Bertz CT molecular complexity index is 1130. The second-order valence-corrected chi connectivity index (χ2v) is 9.05. The topological polar surface area (TPSA) is 85.9 Å². The standard InChI is InChI=1S/C24H29F3N6O/c1-33(2)11-10-28-21-9-6-16(14-29-21)23(34)30-18-5-3-4-15(12-18)22-31-19-8-7-17(24(25,26)27)13-20(19)32-22/h6-9,13-15,18H,3-5,10-12H2,1-2H3,(H,28,29)(H,30,34)(H,31,32)/t15-,18+/m0/s1. The fourth-order valence-electron chi connectivity index (χ4n) is 4.27. The fourth-order valence-corrected chi connectivity index (χ4v) is 4.27. The van der Waals surface area contributed by atoms with Crippen LogP contribution in [0.25, 0.3) is 11.0 Å². The van der Waals surface area contributed by atoms with Crippen molar-refractivity contribution in [3.8, 4) is 0 Å². The number of anilines is 1. The molecule has 1 aromatic carbocycles. The van der Waals surface area contributed by atoms with Gasteiger partial charge in [0.1, 0.15) is 11.6 Å². The molecule has 2 aromatic heterocycles. The van der Waals surface area contributed by atoms with Crippen LogP contribution in [0.3, 0.4) is 0 Å². The van der Waals surface area contributed by atoms with Gasteiger partial charge in [-0.25, -0.2) is 9.97 Å². The predicted molar refractivity (Wildman–Crippen MR) is 125 cm³/mol. The van der Waals surface area contributed by atoms with Crippen LogP contribution in [0.5, 0.6) is 0 Å². The van der Waals surface area contributed by atoms with Crippen molar-refractivity contribution in [2.45, 2.75) is 43.8 Å². The molecular formula is C24H29F3N6O. The molecule has 34 heavy (non-hydrogen) atoms. The minimum atomic E-state index is -4.40. The maximum absolute atomic E-state index is 13.0. The van der Waals surface area contributed by atoms with Crippen LogP contribution in [0, 0.1) is 0 Å². The predicted octanol–water partition coefficient (Wildman–Crippen LogP) is 4.41. The second kappa shape index (κ2) is 10.0. The molecule has 0 radical (unpaired) electrons. The Balaban J connectivity index is 1.37. The van der Waals surface area contributed by atoms with E-state index in [1.807, 2.05) is 14.1 Å². The van der Waals surface area contributed by atoms with E-state index in [4.69, 9.17) is 0 Å². The first-order chi connectivity index (χ1) is 16.2. The van der Waals surface area contributed by atoms with Crippen LogP contribution in [0.4, 0.5) is 19.0 Å². The smallest absolute Gasteiger partial charge is 0.369 e. The van der Waals surface area contributed by atoms with Crippen LogP contribution in [-0.2, 0) is 6.18 Å². The van der Waals surface area contributed by atoms with Gasteiger partial charge in [-0.15, -0.1) is 0 Å². The van der Waals surface area contributed by atoms with Gasteiger partial charge in [0.15, 0.2) is 0 Å². The van der Waals surface area contributed by atoms with E-state index >= 15 is 0 Å². The first-order valence-corrected chi connectivity index (χ1v) is 11.4. The molecule has 182 valence electrons. The Labute approximate surface area is 196 Å². The number of alkyl halides is 3. The first kappa shape index (κ1) is 24.0. The largest absolute Gasteiger partial charge is 0.416 e. The van der Waals surface area contributed by atoms with Gasteiger partial charge in [-0.05, 0) is 63.7 Å². The minimum absolute atomic E-state index is 0.0388. The number of halogens is 3. The molecule has 10 heteroatoms. The van der Waals surface area contributed by atoms with E-state index in [9.17, 15) is 18.0 Å². The molecule has 2 heterocycles. The molecule has 0 bridgehead atoms. The van der Waals surface area contributed by atoms with Crippen molar-refractivity contribution in [3.05, 3.63) is 53.5 Å². The van der Waals surface area contributed by atoms with E-state index in [2.05, 4.69) is 30.5 Å². The number of aromatic amines is 1. The third kappa shape index (κ3) is 5.85. The lowest BCUT2D eigenvalue weighted by Gasteiger charge is -2.28. The van der Waals surface area contributed by atoms with Gasteiger partial charge in [-0.2, -0.15) is 13.2 Å². The van der Waals surface area contributed by atoms with Gasteiger partial charge in [-0.1, -0.05) is 6.42 Å². The Morgan fingerprint density at radius 1 is 1.21 bits per heavy atom. The van der Waals surface area contributed by atoms with E-state index in [1.54, 1.807) is 18.3 Å². The summed E-state index contributed by atoms with van der Waals surface area (Å²) in [6, 6.07) is 7.05. The molecule has 3 N–H and O–H groups in total. The van der Waals surface area contributed by atoms with E-state index in [1.165, 1.54) is 6.07 Å². The normalized spacial score (nSPS) is 18.9. The number of aromatic nitrogens is 3. The molecule has 2 atom stereocenters. The molecule has 3 aromatic rings. The van der Waals surface area contributed by atoms with Crippen molar-refractivity contribution < 1.29 is 18.0 Å². The highest BCUT2D eigenvalue weighted by Crippen LogP contribution is 2.34. The summed E-state index contributed by atoms with van der Waals surface area (Å²) in [5.74, 6) is 1.25. The van der Waals surface area contributed by atoms with Gasteiger partial charge < -0.3 is 20.5 Å². The van der Waals surface area contributed by atoms with Gasteiger partial charge in [0.05, 0.1) is 22.2 Å². The number of carbonyl (C=O) groups excluding carboxylic acids is 1. The third-order valence-corrected chi connectivity index (χ3v) is 6.12. The zero-order chi connectivity index (χ0) is 24.3. The fraction of sp³-hybridized carbons (Fsp3) is 0.458. The zero-order valence-electron chi connectivity index (χ0n) is 19.2. The average molecular weight is 475 g/mol. The Kier molecular flexibility index (Phi) is 7.06. The summed E-state index contributed by atoms with van der Waals surface area (Å²) in [6.07, 6.45) is 0.447. The number of hydrogen-bond donors (Lipinski definition) is 3. The van der Waals surface area contributed by atoms with Crippen molar-refractivity contribution in [2.24, 2.45) is 0 Å². The molecule has 0 spiro atoms. The molecule has 0 unspecified atom stereocenters. The van der Waals surface area contributed by atoms with Crippen molar-refractivity contribution in [1.29, 1.82) is 0 Å². The monoisotopic (exact) mass is 474 g/mol. The molecule has 1 aliphatic carbocycles. The van der Waals surface area contributed by atoms with Crippen LogP contribution < -0.4 is 10.6 Å². The van der Waals surface area contributed by atoms with Crippen LogP contribution in [-0.4, -0.2) is 59.0 Å². The van der Waals surface area contributed by atoms with Crippen molar-refractivity contribution in [3.63, 3.8) is 0 Å². The molecule has 0 saturated heterocycles. The summed E-state index contributed by atoms with van der Waals surface area (Å²) < 4.78 is 39.0. The SMILES string of the molecule is CN(C)CCNc1ccc(C(=O)N[C@@H]2CCC[C@H](c3nc4cc(C(F)(F)F)ccc4[nH]3)C2)cn1. The molecule has 4 rings (SSSR count). The maximum atomic E-state index is 13.0. The number of nitrogens with one attached hydrogen (secondary N) is 3. The number of rotatable bonds is 7. The molecule has 1 fully saturated rings. The number of carbonyl (C=O) groups is 1. The van der Waals surface area contributed by atoms with Gasteiger partial charge in [0, 0.05) is 31.2 Å². The van der Waals surface area contributed by atoms with Gasteiger partial charge in [0.25, 0.3) is 5.91 Å². The summed E-state index contributed by atoms with van der Waals surface area (Å²) in [6.45, 7) is 1.63. The lowest BCUT2D eigenvalue weighted by molar-refractivity contribution is -0.137. The highest BCUT2D eigenvalue weighted by Gasteiger charge is 2.31. The summed E-state index contributed by atoms with van der Waals surface area (Å²) in [5, 5.41) is 6.29. The molecule has 1 aliphatic rings. The van der Waals surface area contributed by atoms with E-state index in [0.717, 1.165) is 50.3 Å². The Hall–Kier alpha value is -3.14. The number of nitrogens with zero attached hydrogens (tertiary/aromatic N) is 3. The van der Waals surface area contributed by atoms with Gasteiger partial charge in [-0.3, -0.25) is 4.79 Å². The molecule has 1 saturated carbocycles. The molecular weight excluding hydrogens is 445 g/mol. The number of benzene rings is 1. The highest BCUT2D eigenvalue weighted by atomic mass is 19.4. The summed E-state index contributed by atoms with van der Waals surface area (Å²) in [5.41, 5.74) is 0.670. The van der Waals surface area contributed by atoms with E-state index < -0.39 is 11.7 Å². The third-order valence-electron chi connectivity index (χ3n) is 6.12. The zero-order valence-corrected chi connectivity index (χ0v) is 19.2. The maximum Gasteiger partial charge on any atom is 0.416 e. The van der Waals surface area contributed by atoms with E-state index in [0.29, 0.717) is 28.8 Å². The number of H-pyrrole nitrogens is 1. The lowest BCUT2D eigenvalue weighted by Crippen LogP contribution is -2.38. The van der Waals surface area contributed by atoms with Crippen molar-refractivity contribution in [1.82, 2.24) is 25.2 Å². The van der Waals surface area contributed by atoms with Crippen LogP contribution in [0.15, 0.2) is 36.5 Å². The number of fused-ring (bicyclic) bond motifs is 1. The number of pyridine rings is 1. The Morgan fingerprint density at radius 2 is 2.03 bits per heavy atom. The van der Waals surface area contributed by atoms with Crippen LogP contribution >= 0.6 is 0 Å². The molecule has 7 nitrogen and oxygen atoms in total.